The zero-order valence-electron chi connectivity index (χ0n) is 10.8. The van der Waals surface area contributed by atoms with Crippen LogP contribution in [0, 0.1) is 13.8 Å². The van der Waals surface area contributed by atoms with Gasteiger partial charge >= 0.3 is 0 Å². The summed E-state index contributed by atoms with van der Waals surface area (Å²) in [5.74, 6) is 1.51. The number of benzene rings is 1. The van der Waals surface area contributed by atoms with Crippen LogP contribution in [0.3, 0.4) is 0 Å². The van der Waals surface area contributed by atoms with Crippen molar-refractivity contribution in [2.45, 2.75) is 20.3 Å². The number of ether oxygens (including phenoxy) is 1. The number of aryl methyl sites for hydroxylation is 1. The van der Waals surface area contributed by atoms with Crippen LogP contribution in [-0.2, 0) is 6.42 Å². The van der Waals surface area contributed by atoms with Crippen LogP contribution >= 0.6 is 0 Å². The molecule has 0 aliphatic rings. The van der Waals surface area contributed by atoms with E-state index in [4.69, 9.17) is 4.74 Å². The third-order valence-corrected chi connectivity index (χ3v) is 2.97. The molecule has 0 amide bonds. The van der Waals surface area contributed by atoms with Crippen LogP contribution in [0.15, 0.2) is 29.1 Å². The van der Waals surface area contributed by atoms with E-state index in [1.54, 1.807) is 14.0 Å². The second kappa shape index (κ2) is 5.04. The van der Waals surface area contributed by atoms with Crippen LogP contribution in [0.4, 0.5) is 0 Å². The lowest BCUT2D eigenvalue weighted by Gasteiger charge is -2.05. The normalized spacial score (nSPS) is 10.4. The first-order chi connectivity index (χ1) is 8.60. The molecular weight excluding hydrogens is 228 g/mol. The molecule has 4 heteroatoms. The van der Waals surface area contributed by atoms with Crippen molar-refractivity contribution in [3.8, 4) is 5.75 Å². The minimum atomic E-state index is -0.0639. The molecule has 1 heterocycles. The van der Waals surface area contributed by atoms with Crippen molar-refractivity contribution in [1.29, 1.82) is 0 Å². The maximum atomic E-state index is 11.6. The molecule has 1 N–H and O–H groups in total. The lowest BCUT2D eigenvalue weighted by atomic mass is 10.1. The molecular formula is C14H16N2O2. The Morgan fingerprint density at radius 1 is 1.22 bits per heavy atom. The van der Waals surface area contributed by atoms with E-state index in [2.05, 4.69) is 9.97 Å². The van der Waals surface area contributed by atoms with E-state index >= 15 is 0 Å². The number of aromatic amines is 1. The number of H-pyrrole nitrogens is 1. The van der Waals surface area contributed by atoms with Gasteiger partial charge in [0.2, 0.25) is 0 Å². The molecule has 0 radical (unpaired) electrons. The van der Waals surface area contributed by atoms with Gasteiger partial charge in [-0.05, 0) is 31.5 Å². The second-order valence-electron chi connectivity index (χ2n) is 4.25. The fraction of sp³-hybridized carbons (Fsp3) is 0.286. The molecule has 0 atom stereocenters. The molecule has 0 unspecified atom stereocenters. The fourth-order valence-corrected chi connectivity index (χ4v) is 1.72. The number of hydrogen-bond acceptors (Lipinski definition) is 3. The summed E-state index contributed by atoms with van der Waals surface area (Å²) in [5, 5.41) is 0. The zero-order valence-corrected chi connectivity index (χ0v) is 10.8. The standard InChI is InChI=1S/C14H16N2O2/c1-9-10(2)15-13(16-14(9)17)8-11-4-6-12(18-3)7-5-11/h4-7H,8H2,1-3H3,(H,15,16,17). The summed E-state index contributed by atoms with van der Waals surface area (Å²) in [6.45, 7) is 3.63. The Labute approximate surface area is 106 Å². The highest BCUT2D eigenvalue weighted by atomic mass is 16.5. The smallest absolute Gasteiger partial charge is 0.254 e. The largest absolute Gasteiger partial charge is 0.497 e. The van der Waals surface area contributed by atoms with Crippen molar-refractivity contribution in [2.75, 3.05) is 7.11 Å². The monoisotopic (exact) mass is 244 g/mol. The third-order valence-electron chi connectivity index (χ3n) is 2.97. The molecule has 0 aliphatic heterocycles. The highest BCUT2D eigenvalue weighted by Gasteiger charge is 2.04. The third kappa shape index (κ3) is 2.59. The van der Waals surface area contributed by atoms with Crippen molar-refractivity contribution in [3.05, 3.63) is 57.3 Å². The van der Waals surface area contributed by atoms with Gasteiger partial charge in [-0.1, -0.05) is 12.1 Å². The van der Waals surface area contributed by atoms with Crippen molar-refractivity contribution in [3.63, 3.8) is 0 Å². The topological polar surface area (TPSA) is 55.0 Å². The average Bonchev–Trinajstić information content (AvgIpc) is 2.37. The number of hydrogen-bond donors (Lipinski definition) is 1. The molecule has 0 saturated carbocycles. The van der Waals surface area contributed by atoms with Gasteiger partial charge in [-0.15, -0.1) is 0 Å². The summed E-state index contributed by atoms with van der Waals surface area (Å²) in [4.78, 5) is 18.8. The number of nitrogens with one attached hydrogen (secondary N) is 1. The Morgan fingerprint density at radius 3 is 2.44 bits per heavy atom. The van der Waals surface area contributed by atoms with Gasteiger partial charge in [0.25, 0.3) is 5.56 Å². The van der Waals surface area contributed by atoms with Crippen LogP contribution in [0.1, 0.15) is 22.6 Å². The quantitative estimate of drug-likeness (QED) is 0.898. The Morgan fingerprint density at radius 2 is 1.89 bits per heavy atom. The molecule has 0 saturated heterocycles. The molecule has 0 aliphatic carbocycles. The Bertz CT molecular complexity index is 600. The van der Waals surface area contributed by atoms with Gasteiger partial charge in [-0.25, -0.2) is 4.98 Å². The van der Waals surface area contributed by atoms with Gasteiger partial charge < -0.3 is 9.72 Å². The summed E-state index contributed by atoms with van der Waals surface area (Å²) in [6.07, 6.45) is 0.611. The molecule has 1 aromatic heterocycles. The van der Waals surface area contributed by atoms with Crippen LogP contribution in [-0.4, -0.2) is 17.1 Å². The minimum Gasteiger partial charge on any atom is -0.497 e. The molecule has 0 spiro atoms. The van der Waals surface area contributed by atoms with Gasteiger partial charge in [0.15, 0.2) is 0 Å². The van der Waals surface area contributed by atoms with Crippen molar-refractivity contribution in [1.82, 2.24) is 9.97 Å². The van der Waals surface area contributed by atoms with Crippen LogP contribution in [0.2, 0.25) is 0 Å². The first-order valence-electron chi connectivity index (χ1n) is 5.79. The Hall–Kier alpha value is -2.10. The summed E-state index contributed by atoms with van der Waals surface area (Å²) < 4.78 is 5.10. The fourth-order valence-electron chi connectivity index (χ4n) is 1.72. The first kappa shape index (κ1) is 12.4. The predicted octanol–water partition coefficient (Wildman–Crippen LogP) is 1.99. The van der Waals surface area contributed by atoms with Crippen molar-refractivity contribution < 1.29 is 4.74 Å². The predicted molar refractivity (Wildman–Crippen MR) is 70.1 cm³/mol. The molecule has 94 valence electrons. The van der Waals surface area contributed by atoms with Gasteiger partial charge in [0.1, 0.15) is 11.6 Å². The van der Waals surface area contributed by atoms with E-state index in [0.717, 1.165) is 17.0 Å². The molecule has 18 heavy (non-hydrogen) atoms. The molecule has 1 aromatic carbocycles. The van der Waals surface area contributed by atoms with E-state index in [1.807, 2.05) is 31.2 Å². The Kier molecular flexibility index (Phi) is 3.46. The maximum absolute atomic E-state index is 11.6. The number of nitrogens with zero attached hydrogens (tertiary/aromatic N) is 1. The summed E-state index contributed by atoms with van der Waals surface area (Å²) in [7, 11) is 1.64. The Balaban J connectivity index is 2.25. The number of rotatable bonds is 3. The first-order valence-corrected chi connectivity index (χ1v) is 5.79. The molecule has 2 aromatic rings. The van der Waals surface area contributed by atoms with E-state index < -0.39 is 0 Å². The highest BCUT2D eigenvalue weighted by Crippen LogP contribution is 2.13. The van der Waals surface area contributed by atoms with Crippen LogP contribution in [0.5, 0.6) is 5.75 Å². The second-order valence-corrected chi connectivity index (χ2v) is 4.25. The van der Waals surface area contributed by atoms with E-state index in [0.29, 0.717) is 17.8 Å². The van der Waals surface area contributed by atoms with Crippen molar-refractivity contribution >= 4 is 0 Å². The van der Waals surface area contributed by atoms with Gasteiger partial charge in [0.05, 0.1) is 7.11 Å². The molecule has 0 bridgehead atoms. The summed E-state index contributed by atoms with van der Waals surface area (Å²) in [5.41, 5.74) is 2.48. The SMILES string of the molecule is COc1ccc(Cc2nc(C)c(C)c(=O)[nH]2)cc1. The molecule has 4 nitrogen and oxygen atoms in total. The highest BCUT2D eigenvalue weighted by molar-refractivity contribution is 5.29. The van der Waals surface area contributed by atoms with Gasteiger partial charge in [-0.3, -0.25) is 4.79 Å². The van der Waals surface area contributed by atoms with Gasteiger partial charge in [-0.2, -0.15) is 0 Å². The number of methoxy groups -OCH3 is 1. The van der Waals surface area contributed by atoms with Crippen LogP contribution in [0.25, 0.3) is 0 Å². The minimum absolute atomic E-state index is 0.0639. The maximum Gasteiger partial charge on any atom is 0.254 e. The lowest BCUT2D eigenvalue weighted by Crippen LogP contribution is -2.16. The number of aromatic nitrogens is 2. The molecule has 2 rings (SSSR count). The molecule has 0 fully saturated rings. The van der Waals surface area contributed by atoms with Gasteiger partial charge in [0, 0.05) is 17.7 Å². The van der Waals surface area contributed by atoms with Crippen LogP contribution < -0.4 is 10.3 Å². The van der Waals surface area contributed by atoms with E-state index in [9.17, 15) is 4.79 Å². The lowest BCUT2D eigenvalue weighted by molar-refractivity contribution is 0.414. The van der Waals surface area contributed by atoms with E-state index in [-0.39, 0.29) is 5.56 Å². The average molecular weight is 244 g/mol. The summed E-state index contributed by atoms with van der Waals surface area (Å²) in [6, 6.07) is 7.73. The van der Waals surface area contributed by atoms with Crippen molar-refractivity contribution in [2.24, 2.45) is 0 Å². The van der Waals surface area contributed by atoms with E-state index in [1.165, 1.54) is 0 Å². The summed E-state index contributed by atoms with van der Waals surface area (Å²) >= 11 is 0. The zero-order chi connectivity index (χ0) is 13.1.